The minimum absolute atomic E-state index is 0.0875. The monoisotopic (exact) mass is 404 g/mol. The van der Waals surface area contributed by atoms with E-state index in [9.17, 15) is 9.59 Å². The number of hydrogen-bond donors (Lipinski definition) is 2. The van der Waals surface area contributed by atoms with Gasteiger partial charge in [-0.25, -0.2) is 0 Å². The minimum Gasteiger partial charge on any atom is -0.348 e. The Balaban J connectivity index is 1.91. The number of benzene rings is 1. The summed E-state index contributed by atoms with van der Waals surface area (Å²) in [6.45, 7) is 3.73. The summed E-state index contributed by atoms with van der Waals surface area (Å²) >= 11 is 12.7. The second kappa shape index (κ2) is 7.58. The summed E-state index contributed by atoms with van der Waals surface area (Å²) in [4.78, 5) is 27.5. The van der Waals surface area contributed by atoms with Crippen LogP contribution in [0.25, 0.3) is 11.3 Å². The van der Waals surface area contributed by atoms with Gasteiger partial charge in [-0.05, 0) is 43.7 Å². The summed E-state index contributed by atoms with van der Waals surface area (Å²) in [5, 5.41) is 7.52. The van der Waals surface area contributed by atoms with Gasteiger partial charge in [-0.15, -0.1) is 0 Å². The zero-order valence-corrected chi connectivity index (χ0v) is 16.6. The van der Waals surface area contributed by atoms with Crippen LogP contribution in [0.3, 0.4) is 0 Å². The number of amides is 1. The first-order chi connectivity index (χ1) is 12.8. The van der Waals surface area contributed by atoms with E-state index >= 15 is 0 Å². The predicted octanol–water partition coefficient (Wildman–Crippen LogP) is 3.63. The van der Waals surface area contributed by atoms with Crippen molar-refractivity contribution in [3.05, 3.63) is 73.2 Å². The second-order valence-corrected chi connectivity index (χ2v) is 7.10. The van der Waals surface area contributed by atoms with Gasteiger partial charge in [-0.2, -0.15) is 5.10 Å². The van der Waals surface area contributed by atoms with Gasteiger partial charge in [0.2, 0.25) is 0 Å². The van der Waals surface area contributed by atoms with Crippen molar-refractivity contribution in [3.8, 4) is 11.3 Å². The Morgan fingerprint density at radius 2 is 2.00 bits per heavy atom. The van der Waals surface area contributed by atoms with E-state index < -0.39 is 5.91 Å². The molecule has 140 valence electrons. The van der Waals surface area contributed by atoms with Crippen LogP contribution in [0.2, 0.25) is 10.0 Å². The Bertz CT molecular complexity index is 1090. The lowest BCUT2D eigenvalue weighted by atomic mass is 10.1. The third-order valence-corrected chi connectivity index (χ3v) is 4.92. The lowest BCUT2D eigenvalue weighted by Gasteiger charge is -2.12. The van der Waals surface area contributed by atoms with Crippen molar-refractivity contribution in [2.24, 2.45) is 7.05 Å². The third-order valence-electron chi connectivity index (χ3n) is 4.30. The van der Waals surface area contributed by atoms with Crippen LogP contribution in [0.15, 0.2) is 35.3 Å². The number of rotatable bonds is 4. The van der Waals surface area contributed by atoms with Gasteiger partial charge >= 0.3 is 0 Å². The maximum atomic E-state index is 12.7. The number of hydrogen-bond acceptors (Lipinski definition) is 3. The highest BCUT2D eigenvalue weighted by atomic mass is 35.5. The zero-order chi connectivity index (χ0) is 19.7. The normalized spacial score (nSPS) is 10.9. The maximum Gasteiger partial charge on any atom is 0.253 e. The number of H-pyrrole nitrogens is 1. The summed E-state index contributed by atoms with van der Waals surface area (Å²) in [6.07, 6.45) is 1.64. The number of aromatic nitrogens is 3. The summed E-state index contributed by atoms with van der Waals surface area (Å²) < 4.78 is 1.65. The third kappa shape index (κ3) is 3.91. The van der Waals surface area contributed by atoms with Gasteiger partial charge < -0.3 is 10.3 Å². The number of aryl methyl sites for hydroxylation is 3. The van der Waals surface area contributed by atoms with Crippen LogP contribution in [-0.2, 0) is 13.6 Å². The fourth-order valence-corrected chi connectivity index (χ4v) is 3.45. The lowest BCUT2D eigenvalue weighted by Crippen LogP contribution is -2.28. The number of nitrogens with zero attached hydrogens (tertiary/aromatic N) is 2. The molecule has 0 aliphatic heterocycles. The molecule has 0 saturated heterocycles. The summed E-state index contributed by atoms with van der Waals surface area (Å²) in [6, 6.07) is 6.84. The van der Waals surface area contributed by atoms with Crippen LogP contribution in [-0.4, -0.2) is 20.7 Å². The van der Waals surface area contributed by atoms with Crippen LogP contribution < -0.4 is 10.9 Å². The Hall–Kier alpha value is -2.57. The molecular formula is C19H18Cl2N4O2. The van der Waals surface area contributed by atoms with Gasteiger partial charge in [0.05, 0.1) is 16.3 Å². The molecule has 3 rings (SSSR count). The molecule has 0 atom stereocenters. The molecule has 1 amide bonds. The Labute approximate surface area is 166 Å². The van der Waals surface area contributed by atoms with Crippen LogP contribution in [0.1, 0.15) is 27.2 Å². The van der Waals surface area contributed by atoms with E-state index in [1.165, 1.54) is 6.07 Å². The number of carbonyl (C=O) groups excluding carboxylic acids is 1. The van der Waals surface area contributed by atoms with E-state index in [1.807, 2.05) is 19.9 Å². The SMILES string of the molecule is Cc1cc(C)c(CNC(=O)c2cc(Cl)cc(-c3ccnn3C)c2Cl)c(=O)[nH]1. The molecular weight excluding hydrogens is 387 g/mol. The molecule has 2 aromatic heterocycles. The Morgan fingerprint density at radius 1 is 1.26 bits per heavy atom. The molecule has 27 heavy (non-hydrogen) atoms. The largest absolute Gasteiger partial charge is 0.348 e. The average Bonchev–Trinajstić information content (AvgIpc) is 3.01. The van der Waals surface area contributed by atoms with Crippen molar-refractivity contribution < 1.29 is 4.79 Å². The van der Waals surface area contributed by atoms with Gasteiger partial charge in [-0.3, -0.25) is 14.3 Å². The average molecular weight is 405 g/mol. The topological polar surface area (TPSA) is 79.8 Å². The van der Waals surface area contributed by atoms with Crippen LogP contribution in [0.5, 0.6) is 0 Å². The Kier molecular flexibility index (Phi) is 5.39. The van der Waals surface area contributed by atoms with Gasteiger partial charge in [0.15, 0.2) is 0 Å². The van der Waals surface area contributed by atoms with Crippen molar-refractivity contribution >= 4 is 29.1 Å². The number of aromatic amines is 1. The highest BCUT2D eigenvalue weighted by Gasteiger charge is 2.18. The van der Waals surface area contributed by atoms with Gasteiger partial charge in [0.1, 0.15) is 0 Å². The molecule has 0 aliphatic carbocycles. The van der Waals surface area contributed by atoms with Gasteiger partial charge in [-0.1, -0.05) is 23.2 Å². The van der Waals surface area contributed by atoms with Crippen molar-refractivity contribution in [1.82, 2.24) is 20.1 Å². The highest BCUT2D eigenvalue weighted by Crippen LogP contribution is 2.33. The summed E-state index contributed by atoms with van der Waals surface area (Å²) in [7, 11) is 1.78. The van der Waals surface area contributed by atoms with E-state index in [0.29, 0.717) is 16.1 Å². The van der Waals surface area contributed by atoms with E-state index in [-0.39, 0.29) is 22.7 Å². The number of pyridine rings is 1. The van der Waals surface area contributed by atoms with Crippen LogP contribution in [0.4, 0.5) is 0 Å². The predicted molar refractivity (Wildman–Crippen MR) is 106 cm³/mol. The molecule has 0 bridgehead atoms. The molecule has 6 nitrogen and oxygen atoms in total. The maximum absolute atomic E-state index is 12.7. The highest BCUT2D eigenvalue weighted by molar-refractivity contribution is 6.38. The van der Waals surface area contributed by atoms with Crippen LogP contribution in [0, 0.1) is 13.8 Å². The fourth-order valence-electron chi connectivity index (χ4n) is 2.94. The molecule has 0 saturated carbocycles. The molecule has 2 heterocycles. The first kappa shape index (κ1) is 19.2. The molecule has 3 aromatic rings. The number of nitrogens with one attached hydrogen (secondary N) is 2. The van der Waals surface area contributed by atoms with E-state index in [0.717, 1.165) is 17.0 Å². The van der Waals surface area contributed by atoms with Crippen LogP contribution >= 0.6 is 23.2 Å². The van der Waals surface area contributed by atoms with Gasteiger partial charge in [0, 0.05) is 41.6 Å². The molecule has 0 radical (unpaired) electrons. The van der Waals surface area contributed by atoms with Crippen molar-refractivity contribution in [2.45, 2.75) is 20.4 Å². The van der Waals surface area contributed by atoms with Crippen molar-refractivity contribution in [1.29, 1.82) is 0 Å². The van der Waals surface area contributed by atoms with E-state index in [1.54, 1.807) is 30.1 Å². The molecule has 0 aliphatic rings. The van der Waals surface area contributed by atoms with Crippen molar-refractivity contribution in [3.63, 3.8) is 0 Å². The van der Waals surface area contributed by atoms with E-state index in [2.05, 4.69) is 15.4 Å². The lowest BCUT2D eigenvalue weighted by molar-refractivity contribution is 0.0951. The first-order valence-corrected chi connectivity index (χ1v) is 8.98. The van der Waals surface area contributed by atoms with Crippen molar-refractivity contribution in [2.75, 3.05) is 0 Å². The molecule has 0 spiro atoms. The Morgan fingerprint density at radius 3 is 2.63 bits per heavy atom. The molecule has 1 aromatic carbocycles. The molecule has 8 heteroatoms. The quantitative estimate of drug-likeness (QED) is 0.696. The standard InChI is InChI=1S/C19H18Cl2N4O2/c1-10-6-11(2)24-19(27)15(10)9-22-18(26)14-8-12(20)7-13(17(14)21)16-4-5-23-25(16)3/h4-8H,9H2,1-3H3,(H,22,26)(H,24,27). The number of halogens is 2. The summed E-state index contributed by atoms with van der Waals surface area (Å²) in [5.74, 6) is -0.412. The summed E-state index contributed by atoms with van der Waals surface area (Å²) in [5.41, 5.74) is 3.44. The zero-order valence-electron chi connectivity index (χ0n) is 15.1. The number of carbonyl (C=O) groups is 1. The minimum atomic E-state index is -0.412. The second-order valence-electron chi connectivity index (χ2n) is 6.28. The molecule has 0 unspecified atom stereocenters. The fraction of sp³-hybridized carbons (Fsp3) is 0.211. The molecule has 2 N–H and O–H groups in total. The molecule has 0 fully saturated rings. The first-order valence-electron chi connectivity index (χ1n) is 8.23. The van der Waals surface area contributed by atoms with Gasteiger partial charge in [0.25, 0.3) is 11.5 Å². The smallest absolute Gasteiger partial charge is 0.253 e. The van der Waals surface area contributed by atoms with E-state index in [4.69, 9.17) is 23.2 Å².